The number of benzene rings is 2. The Balaban J connectivity index is 1.91. The van der Waals surface area contributed by atoms with Crippen molar-refractivity contribution in [1.29, 1.82) is 0 Å². The van der Waals surface area contributed by atoms with Crippen LogP contribution in [0, 0.1) is 0 Å². The fourth-order valence-corrected chi connectivity index (χ4v) is 2.18. The maximum atomic E-state index is 12.0. The van der Waals surface area contributed by atoms with Crippen molar-refractivity contribution in [2.45, 2.75) is 13.3 Å². The predicted molar refractivity (Wildman–Crippen MR) is 96.1 cm³/mol. The molecule has 0 aliphatic heterocycles. The van der Waals surface area contributed by atoms with E-state index in [4.69, 9.17) is 0 Å². The van der Waals surface area contributed by atoms with Crippen molar-refractivity contribution in [3.8, 4) is 0 Å². The zero-order chi connectivity index (χ0) is 19.1. The molecule has 2 aromatic rings. The van der Waals surface area contributed by atoms with Crippen LogP contribution in [0.15, 0.2) is 48.5 Å². The number of Topliss-reactive ketones (excluding diaryl/α,β-unsaturated/α-hetero) is 1. The molecule has 2 rings (SSSR count). The molecule has 26 heavy (non-hydrogen) atoms. The lowest BCUT2D eigenvalue weighted by atomic mass is 10.1. The number of ether oxygens (including phenoxy) is 1. The fraction of sp³-hybridized carbons (Fsp3) is 0.158. The van der Waals surface area contributed by atoms with Crippen molar-refractivity contribution < 1.29 is 23.9 Å². The highest BCUT2D eigenvalue weighted by Crippen LogP contribution is 2.13. The standard InChI is InChI=1S/C19H18N2O5/c1-12(22)14-4-3-5-16(10-14)21-18(24)11-17(23)20-15-8-6-13(7-9-15)19(25)26-2/h3-10H,11H2,1-2H3,(H,20,23)(H,21,24). The molecule has 0 aliphatic carbocycles. The maximum Gasteiger partial charge on any atom is 0.337 e. The minimum absolute atomic E-state index is 0.116. The average molecular weight is 354 g/mol. The van der Waals surface area contributed by atoms with Crippen molar-refractivity contribution in [2.75, 3.05) is 17.7 Å². The van der Waals surface area contributed by atoms with Crippen LogP contribution in [-0.2, 0) is 14.3 Å². The Morgan fingerprint density at radius 2 is 1.46 bits per heavy atom. The summed E-state index contributed by atoms with van der Waals surface area (Å²) in [4.78, 5) is 46.6. The van der Waals surface area contributed by atoms with Crippen molar-refractivity contribution in [3.63, 3.8) is 0 Å². The Labute approximate surface area is 150 Å². The minimum atomic E-state index is -0.505. The van der Waals surface area contributed by atoms with Crippen molar-refractivity contribution >= 4 is 34.9 Å². The summed E-state index contributed by atoms with van der Waals surface area (Å²) in [5.74, 6) is -1.60. The molecule has 134 valence electrons. The van der Waals surface area contributed by atoms with Crippen LogP contribution in [0.1, 0.15) is 34.1 Å². The van der Waals surface area contributed by atoms with Crippen LogP contribution in [0.3, 0.4) is 0 Å². The third-order valence-electron chi connectivity index (χ3n) is 3.46. The predicted octanol–water partition coefficient (Wildman–Crippen LogP) is 2.64. The normalized spacial score (nSPS) is 9.92. The quantitative estimate of drug-likeness (QED) is 0.472. The summed E-state index contributed by atoms with van der Waals surface area (Å²) in [6.07, 6.45) is -0.386. The van der Waals surface area contributed by atoms with Gasteiger partial charge >= 0.3 is 5.97 Å². The Bertz CT molecular complexity index is 843. The molecule has 7 nitrogen and oxygen atoms in total. The number of methoxy groups -OCH3 is 1. The summed E-state index contributed by atoms with van der Waals surface area (Å²) < 4.78 is 4.59. The SMILES string of the molecule is COC(=O)c1ccc(NC(=O)CC(=O)Nc2cccc(C(C)=O)c2)cc1. The van der Waals surface area contributed by atoms with E-state index in [1.165, 1.54) is 26.2 Å². The summed E-state index contributed by atoms with van der Waals surface area (Å²) in [6.45, 7) is 1.43. The highest BCUT2D eigenvalue weighted by atomic mass is 16.5. The molecule has 0 aromatic heterocycles. The lowest BCUT2D eigenvalue weighted by Crippen LogP contribution is -2.21. The molecule has 2 aromatic carbocycles. The molecule has 0 spiro atoms. The molecule has 2 N–H and O–H groups in total. The van der Waals surface area contributed by atoms with Crippen LogP contribution >= 0.6 is 0 Å². The number of amides is 2. The topological polar surface area (TPSA) is 102 Å². The first-order valence-electron chi connectivity index (χ1n) is 7.78. The lowest BCUT2D eigenvalue weighted by molar-refractivity contribution is -0.123. The van der Waals surface area contributed by atoms with Crippen LogP contribution in [0.25, 0.3) is 0 Å². The number of hydrogen-bond acceptors (Lipinski definition) is 5. The molecule has 2 amide bonds. The summed E-state index contributed by atoms with van der Waals surface area (Å²) >= 11 is 0. The number of anilines is 2. The third kappa shape index (κ3) is 5.27. The zero-order valence-corrected chi connectivity index (χ0v) is 14.4. The molecule has 0 heterocycles. The molecule has 0 fully saturated rings. The highest BCUT2D eigenvalue weighted by molar-refractivity contribution is 6.08. The number of ketones is 1. The molecular formula is C19H18N2O5. The summed E-state index contributed by atoms with van der Waals surface area (Å²) in [5, 5.41) is 5.14. The monoisotopic (exact) mass is 354 g/mol. The van der Waals surface area contributed by atoms with Gasteiger partial charge in [0.1, 0.15) is 6.42 Å². The Morgan fingerprint density at radius 1 is 0.846 bits per heavy atom. The van der Waals surface area contributed by atoms with Crippen molar-refractivity contribution in [3.05, 3.63) is 59.7 Å². The fourth-order valence-electron chi connectivity index (χ4n) is 2.18. The molecule has 0 atom stereocenters. The Morgan fingerprint density at radius 3 is 2.04 bits per heavy atom. The van der Waals surface area contributed by atoms with Crippen molar-refractivity contribution in [1.82, 2.24) is 0 Å². The van der Waals surface area contributed by atoms with E-state index in [0.717, 1.165) is 0 Å². The van der Waals surface area contributed by atoms with Crippen LogP contribution in [0.2, 0.25) is 0 Å². The number of carbonyl (C=O) groups excluding carboxylic acids is 4. The van der Waals surface area contributed by atoms with E-state index < -0.39 is 17.8 Å². The second-order valence-corrected chi connectivity index (χ2v) is 5.48. The summed E-state index contributed by atoms with van der Waals surface area (Å²) in [6, 6.07) is 12.6. The van der Waals surface area contributed by atoms with E-state index in [2.05, 4.69) is 15.4 Å². The minimum Gasteiger partial charge on any atom is -0.465 e. The van der Waals surface area contributed by atoms with Crippen LogP contribution in [0.5, 0.6) is 0 Å². The van der Waals surface area contributed by atoms with Gasteiger partial charge in [0, 0.05) is 16.9 Å². The number of hydrogen-bond donors (Lipinski definition) is 2. The zero-order valence-electron chi connectivity index (χ0n) is 14.4. The van der Waals surface area contributed by atoms with Gasteiger partial charge in [0.05, 0.1) is 12.7 Å². The number of rotatable bonds is 6. The lowest BCUT2D eigenvalue weighted by Gasteiger charge is -2.08. The molecule has 0 radical (unpaired) electrons. The van der Waals surface area contributed by atoms with Gasteiger partial charge in [0.2, 0.25) is 11.8 Å². The van der Waals surface area contributed by atoms with Gasteiger partial charge in [-0.3, -0.25) is 14.4 Å². The van der Waals surface area contributed by atoms with Gasteiger partial charge in [-0.2, -0.15) is 0 Å². The van der Waals surface area contributed by atoms with Crippen LogP contribution in [0.4, 0.5) is 11.4 Å². The molecule has 7 heteroatoms. The second kappa shape index (κ2) is 8.57. The average Bonchev–Trinajstić information content (AvgIpc) is 2.61. The highest BCUT2D eigenvalue weighted by Gasteiger charge is 2.11. The summed E-state index contributed by atoms with van der Waals surface area (Å²) in [7, 11) is 1.28. The van der Waals surface area contributed by atoms with Gasteiger partial charge < -0.3 is 15.4 Å². The Hall–Kier alpha value is -3.48. The first-order valence-corrected chi connectivity index (χ1v) is 7.78. The van der Waals surface area contributed by atoms with E-state index in [0.29, 0.717) is 22.5 Å². The van der Waals surface area contributed by atoms with Gasteiger partial charge in [0.15, 0.2) is 5.78 Å². The molecular weight excluding hydrogens is 336 g/mol. The van der Waals surface area contributed by atoms with E-state index in [1.807, 2.05) is 0 Å². The number of esters is 1. The Kier molecular flexibility index (Phi) is 6.21. The molecule has 0 unspecified atom stereocenters. The van der Waals surface area contributed by atoms with Gasteiger partial charge in [-0.25, -0.2) is 4.79 Å². The maximum absolute atomic E-state index is 12.0. The third-order valence-corrected chi connectivity index (χ3v) is 3.46. The molecule has 0 saturated carbocycles. The smallest absolute Gasteiger partial charge is 0.337 e. The van der Waals surface area contributed by atoms with E-state index in [9.17, 15) is 19.2 Å². The van der Waals surface area contributed by atoms with E-state index >= 15 is 0 Å². The van der Waals surface area contributed by atoms with Gasteiger partial charge in [-0.15, -0.1) is 0 Å². The summed E-state index contributed by atoms with van der Waals surface area (Å²) in [5.41, 5.74) is 1.72. The van der Waals surface area contributed by atoms with Gasteiger partial charge in [-0.1, -0.05) is 12.1 Å². The molecule has 0 bridgehead atoms. The van der Waals surface area contributed by atoms with Gasteiger partial charge in [-0.05, 0) is 43.3 Å². The second-order valence-electron chi connectivity index (χ2n) is 5.48. The molecule has 0 aliphatic rings. The van der Waals surface area contributed by atoms with Crippen molar-refractivity contribution in [2.24, 2.45) is 0 Å². The van der Waals surface area contributed by atoms with Gasteiger partial charge in [0.25, 0.3) is 0 Å². The largest absolute Gasteiger partial charge is 0.465 e. The van der Waals surface area contributed by atoms with E-state index in [1.54, 1.807) is 36.4 Å². The van der Waals surface area contributed by atoms with Crippen LogP contribution < -0.4 is 10.6 Å². The van der Waals surface area contributed by atoms with E-state index in [-0.39, 0.29) is 12.2 Å². The number of nitrogens with one attached hydrogen (secondary N) is 2. The first kappa shape index (κ1) is 18.9. The molecule has 0 saturated heterocycles. The van der Waals surface area contributed by atoms with Crippen LogP contribution in [-0.4, -0.2) is 30.7 Å². The number of carbonyl (C=O) groups is 4. The first-order chi connectivity index (χ1) is 12.4.